The first-order valence-electron chi connectivity index (χ1n) is 5.84. The van der Waals surface area contributed by atoms with Crippen molar-refractivity contribution in [2.45, 2.75) is 13.8 Å². The molecule has 2 heterocycles. The van der Waals surface area contributed by atoms with Crippen molar-refractivity contribution in [2.75, 3.05) is 0 Å². The van der Waals surface area contributed by atoms with Crippen LogP contribution in [0.4, 0.5) is 0 Å². The summed E-state index contributed by atoms with van der Waals surface area (Å²) >= 11 is 1.64. The minimum Gasteiger partial charge on any atom is -0.353 e. The summed E-state index contributed by atoms with van der Waals surface area (Å²) in [6.45, 7) is 3.67. The fraction of sp³-hybridized carbons (Fsp3) is 0.133. The van der Waals surface area contributed by atoms with Crippen LogP contribution in [-0.2, 0) is 0 Å². The predicted molar refractivity (Wildman–Crippen MR) is 76.4 cm³/mol. The molecule has 0 saturated heterocycles. The fourth-order valence-corrected chi connectivity index (χ4v) is 3.01. The van der Waals surface area contributed by atoms with E-state index in [2.05, 4.69) is 17.1 Å². The van der Waals surface area contributed by atoms with Crippen LogP contribution in [0, 0.1) is 6.92 Å². The quantitative estimate of drug-likeness (QED) is 0.676. The second-order valence-electron chi connectivity index (χ2n) is 4.46. The zero-order valence-electron chi connectivity index (χ0n) is 10.3. The number of hydrogen-bond donors (Lipinski definition) is 1. The maximum absolute atomic E-state index is 11.9. The number of nitrogens with one attached hydrogen (secondary N) is 1. The molecule has 1 N–H and O–H groups in total. The molecule has 3 aromatic rings. The molecule has 1 aromatic carbocycles. The van der Waals surface area contributed by atoms with Gasteiger partial charge in [-0.1, -0.05) is 17.7 Å². The number of carbonyl (C=O) groups is 1. The minimum atomic E-state index is 0.107. The minimum absolute atomic E-state index is 0.107. The average Bonchev–Trinajstić information content (AvgIpc) is 2.94. The van der Waals surface area contributed by atoms with E-state index in [4.69, 9.17) is 0 Å². The summed E-state index contributed by atoms with van der Waals surface area (Å²) in [7, 11) is 0. The van der Waals surface area contributed by atoms with Crippen LogP contribution in [0.1, 0.15) is 22.8 Å². The number of rotatable bonds is 2. The van der Waals surface area contributed by atoms with Crippen LogP contribution >= 0.6 is 11.3 Å². The van der Waals surface area contributed by atoms with Crippen molar-refractivity contribution in [1.82, 2.24) is 4.98 Å². The van der Waals surface area contributed by atoms with Crippen molar-refractivity contribution in [3.63, 3.8) is 0 Å². The Morgan fingerprint density at radius 3 is 2.78 bits per heavy atom. The molecular weight excluding hydrogens is 242 g/mol. The topological polar surface area (TPSA) is 32.9 Å². The van der Waals surface area contributed by atoms with Crippen molar-refractivity contribution in [1.29, 1.82) is 0 Å². The third-order valence-electron chi connectivity index (χ3n) is 3.07. The molecule has 0 amide bonds. The summed E-state index contributed by atoms with van der Waals surface area (Å²) in [6, 6.07) is 10.2. The summed E-state index contributed by atoms with van der Waals surface area (Å²) in [5.41, 5.74) is 3.94. The van der Waals surface area contributed by atoms with Crippen LogP contribution in [0.2, 0.25) is 0 Å². The molecule has 3 heteroatoms. The molecule has 0 unspecified atom stereocenters. The molecule has 0 aliphatic heterocycles. The number of aromatic nitrogens is 1. The normalized spacial score (nSPS) is 11.0. The Balaban J connectivity index is 2.38. The molecule has 0 bridgehead atoms. The van der Waals surface area contributed by atoms with E-state index in [1.54, 1.807) is 18.3 Å². The number of carbonyl (C=O) groups excluding carboxylic acids is 1. The first kappa shape index (κ1) is 11.2. The van der Waals surface area contributed by atoms with E-state index in [0.717, 1.165) is 27.0 Å². The predicted octanol–water partition coefficient (Wildman–Crippen LogP) is 4.41. The van der Waals surface area contributed by atoms with Crippen molar-refractivity contribution in [3.8, 4) is 10.6 Å². The zero-order valence-corrected chi connectivity index (χ0v) is 11.1. The van der Waals surface area contributed by atoms with E-state index in [-0.39, 0.29) is 5.78 Å². The molecule has 2 aromatic heterocycles. The summed E-state index contributed by atoms with van der Waals surface area (Å²) in [4.78, 5) is 16.4. The average molecular weight is 255 g/mol. The van der Waals surface area contributed by atoms with Gasteiger partial charge in [-0.3, -0.25) is 4.79 Å². The van der Waals surface area contributed by atoms with Crippen LogP contribution in [0.25, 0.3) is 21.5 Å². The largest absolute Gasteiger partial charge is 0.353 e. The van der Waals surface area contributed by atoms with E-state index in [9.17, 15) is 4.79 Å². The second kappa shape index (κ2) is 4.10. The Morgan fingerprint density at radius 1 is 1.28 bits per heavy atom. The monoisotopic (exact) mass is 255 g/mol. The Bertz CT molecular complexity index is 722. The summed E-state index contributed by atoms with van der Waals surface area (Å²) in [6.07, 6.45) is 0. The molecule has 0 radical (unpaired) electrons. The van der Waals surface area contributed by atoms with Crippen molar-refractivity contribution >= 4 is 28.0 Å². The number of Topliss-reactive ketones (excluding diaryl/α,β-unsaturated/α-hetero) is 1. The van der Waals surface area contributed by atoms with Gasteiger partial charge in [-0.05, 0) is 37.4 Å². The maximum Gasteiger partial charge on any atom is 0.162 e. The third kappa shape index (κ3) is 1.68. The first-order chi connectivity index (χ1) is 8.66. The van der Waals surface area contributed by atoms with Crippen molar-refractivity contribution in [3.05, 3.63) is 46.8 Å². The van der Waals surface area contributed by atoms with Crippen molar-refractivity contribution < 1.29 is 4.79 Å². The van der Waals surface area contributed by atoms with E-state index in [1.807, 2.05) is 30.5 Å². The highest BCUT2D eigenvalue weighted by Gasteiger charge is 2.17. The highest BCUT2D eigenvalue weighted by Crippen LogP contribution is 2.33. The lowest BCUT2D eigenvalue weighted by Crippen LogP contribution is -1.92. The number of fused-ring (bicyclic) bond motifs is 1. The Morgan fingerprint density at radius 2 is 2.11 bits per heavy atom. The summed E-state index contributed by atoms with van der Waals surface area (Å²) in [5, 5.41) is 3.04. The highest BCUT2D eigenvalue weighted by atomic mass is 32.1. The number of hydrogen-bond acceptors (Lipinski definition) is 2. The zero-order chi connectivity index (χ0) is 12.7. The van der Waals surface area contributed by atoms with Gasteiger partial charge in [-0.25, -0.2) is 0 Å². The van der Waals surface area contributed by atoms with E-state index < -0.39 is 0 Å². The number of H-pyrrole nitrogens is 1. The lowest BCUT2D eigenvalue weighted by molar-refractivity contribution is 0.102. The Labute approximate surface area is 109 Å². The Hall–Kier alpha value is -1.87. The van der Waals surface area contributed by atoms with E-state index in [0.29, 0.717) is 0 Å². The summed E-state index contributed by atoms with van der Waals surface area (Å²) < 4.78 is 0. The second-order valence-corrected chi connectivity index (χ2v) is 5.41. The molecule has 0 spiro atoms. The fourth-order valence-electron chi connectivity index (χ4n) is 2.28. The SMILES string of the molecule is CC(=O)c1c(-c2cccs2)[nH]c2ccc(C)cc12. The van der Waals surface area contributed by atoms with Gasteiger partial charge in [0.05, 0.1) is 16.1 Å². The van der Waals surface area contributed by atoms with Gasteiger partial charge in [0.1, 0.15) is 0 Å². The van der Waals surface area contributed by atoms with Gasteiger partial charge in [-0.2, -0.15) is 0 Å². The number of thiophene rings is 1. The molecule has 2 nitrogen and oxygen atoms in total. The lowest BCUT2D eigenvalue weighted by Gasteiger charge is -1.98. The van der Waals surface area contributed by atoms with Crippen LogP contribution in [0.3, 0.4) is 0 Å². The molecular formula is C15H13NOS. The van der Waals surface area contributed by atoms with Crippen LogP contribution in [0.5, 0.6) is 0 Å². The van der Waals surface area contributed by atoms with Crippen LogP contribution in [-0.4, -0.2) is 10.8 Å². The van der Waals surface area contributed by atoms with Crippen LogP contribution < -0.4 is 0 Å². The van der Waals surface area contributed by atoms with Gasteiger partial charge in [0.25, 0.3) is 0 Å². The first-order valence-corrected chi connectivity index (χ1v) is 6.72. The molecule has 0 aliphatic rings. The standard InChI is InChI=1S/C15H13NOS/c1-9-5-6-12-11(8-9)14(10(2)17)15(16-12)13-4-3-7-18-13/h3-8,16H,1-2H3. The van der Waals surface area contributed by atoms with Gasteiger partial charge in [0, 0.05) is 10.9 Å². The molecule has 3 rings (SSSR count). The molecule has 0 saturated carbocycles. The van der Waals surface area contributed by atoms with Gasteiger partial charge >= 0.3 is 0 Å². The molecule has 0 fully saturated rings. The smallest absolute Gasteiger partial charge is 0.162 e. The lowest BCUT2D eigenvalue weighted by atomic mass is 10.0. The number of benzene rings is 1. The van der Waals surface area contributed by atoms with Gasteiger partial charge < -0.3 is 4.98 Å². The van der Waals surface area contributed by atoms with Gasteiger partial charge in [-0.15, -0.1) is 11.3 Å². The number of aryl methyl sites for hydroxylation is 1. The number of aromatic amines is 1. The Kier molecular flexibility index (Phi) is 2.56. The summed E-state index contributed by atoms with van der Waals surface area (Å²) in [5.74, 6) is 0.107. The third-order valence-corrected chi connectivity index (χ3v) is 3.96. The molecule has 18 heavy (non-hydrogen) atoms. The van der Waals surface area contributed by atoms with Crippen LogP contribution in [0.15, 0.2) is 35.7 Å². The highest BCUT2D eigenvalue weighted by molar-refractivity contribution is 7.13. The van der Waals surface area contributed by atoms with Gasteiger partial charge in [0.15, 0.2) is 5.78 Å². The van der Waals surface area contributed by atoms with Crippen molar-refractivity contribution in [2.24, 2.45) is 0 Å². The van der Waals surface area contributed by atoms with E-state index in [1.165, 1.54) is 5.56 Å². The molecule has 0 atom stereocenters. The maximum atomic E-state index is 11.9. The van der Waals surface area contributed by atoms with Gasteiger partial charge in [0.2, 0.25) is 0 Å². The molecule has 90 valence electrons. The van der Waals surface area contributed by atoms with E-state index >= 15 is 0 Å². The molecule has 0 aliphatic carbocycles. The number of ketones is 1.